The predicted octanol–water partition coefficient (Wildman–Crippen LogP) is 4.05. The quantitative estimate of drug-likeness (QED) is 0.627. The fourth-order valence-corrected chi connectivity index (χ4v) is 5.88. The molecule has 0 fully saturated rings. The van der Waals surface area contributed by atoms with Crippen LogP contribution in [0.3, 0.4) is 0 Å². The van der Waals surface area contributed by atoms with Crippen LogP contribution < -0.4 is 10.1 Å². The van der Waals surface area contributed by atoms with Gasteiger partial charge in [-0.15, -0.1) is 11.3 Å². The van der Waals surface area contributed by atoms with Crippen LogP contribution in [-0.2, 0) is 17.0 Å². The number of nitrogens with zero attached hydrogens (tertiary/aromatic N) is 2. The van der Waals surface area contributed by atoms with E-state index in [0.717, 1.165) is 39.8 Å². The Morgan fingerprint density at radius 3 is 2.63 bits per heavy atom. The summed E-state index contributed by atoms with van der Waals surface area (Å²) >= 11 is 3.57. The standard InChI is InChI=1S/C22H23N3O3S2/c1-24(13-19(26)23-15-5-7-16(28-2)8-6-15)21(27)20-17-9-12-29-14-18(17)30-22(20)25-10-3-4-11-25/h3-8,10-11H,9,12-14H2,1-2H3,(H,23,26). The van der Waals surface area contributed by atoms with E-state index in [1.165, 1.54) is 9.78 Å². The molecular formula is C22H23N3O3S2. The second-order valence-electron chi connectivity index (χ2n) is 7.01. The molecule has 1 aliphatic rings. The lowest BCUT2D eigenvalue weighted by Crippen LogP contribution is -2.35. The number of hydrogen-bond acceptors (Lipinski definition) is 5. The Morgan fingerprint density at radius 1 is 1.20 bits per heavy atom. The number of ether oxygens (including phenoxy) is 1. The van der Waals surface area contributed by atoms with Crippen molar-refractivity contribution in [2.24, 2.45) is 0 Å². The number of likely N-dealkylation sites (N-methyl/N-ethyl adjacent to an activating group) is 1. The van der Waals surface area contributed by atoms with Gasteiger partial charge in [-0.2, -0.15) is 11.8 Å². The van der Waals surface area contributed by atoms with Gasteiger partial charge in [0, 0.05) is 35.8 Å². The van der Waals surface area contributed by atoms with E-state index in [1.807, 2.05) is 40.9 Å². The highest BCUT2D eigenvalue weighted by Crippen LogP contribution is 2.38. The molecule has 3 aromatic rings. The van der Waals surface area contributed by atoms with Crippen molar-refractivity contribution in [3.05, 3.63) is 64.8 Å². The summed E-state index contributed by atoms with van der Waals surface area (Å²) in [6.45, 7) is -0.0185. The molecule has 0 radical (unpaired) electrons. The van der Waals surface area contributed by atoms with Crippen LogP contribution in [0.2, 0.25) is 0 Å². The number of thiophene rings is 1. The van der Waals surface area contributed by atoms with E-state index in [0.29, 0.717) is 5.69 Å². The van der Waals surface area contributed by atoms with E-state index in [9.17, 15) is 9.59 Å². The maximum Gasteiger partial charge on any atom is 0.257 e. The summed E-state index contributed by atoms with van der Waals surface area (Å²) in [5.41, 5.74) is 2.53. The zero-order chi connectivity index (χ0) is 21.1. The molecule has 0 saturated carbocycles. The number of nitrogens with one attached hydrogen (secondary N) is 1. The molecule has 6 nitrogen and oxygen atoms in total. The van der Waals surface area contributed by atoms with E-state index in [2.05, 4.69) is 5.32 Å². The lowest BCUT2D eigenvalue weighted by molar-refractivity contribution is -0.116. The lowest BCUT2D eigenvalue weighted by atomic mass is 10.1. The zero-order valence-electron chi connectivity index (χ0n) is 16.9. The molecule has 0 aliphatic carbocycles. The number of hydrogen-bond donors (Lipinski definition) is 1. The van der Waals surface area contributed by atoms with E-state index >= 15 is 0 Å². The van der Waals surface area contributed by atoms with Crippen molar-refractivity contribution in [3.63, 3.8) is 0 Å². The zero-order valence-corrected chi connectivity index (χ0v) is 18.5. The number of aromatic nitrogens is 1. The largest absolute Gasteiger partial charge is 0.497 e. The number of thioether (sulfide) groups is 1. The molecule has 3 heterocycles. The Labute approximate surface area is 183 Å². The van der Waals surface area contributed by atoms with Gasteiger partial charge in [-0.05, 0) is 54.1 Å². The first-order valence-corrected chi connectivity index (χ1v) is 11.6. The molecule has 1 aliphatic heterocycles. The van der Waals surface area contributed by atoms with Crippen LogP contribution in [0.15, 0.2) is 48.8 Å². The highest BCUT2D eigenvalue weighted by molar-refractivity contribution is 7.98. The third-order valence-electron chi connectivity index (χ3n) is 4.96. The Kier molecular flexibility index (Phi) is 6.15. The molecule has 0 unspecified atom stereocenters. The third-order valence-corrected chi connectivity index (χ3v) is 7.37. The van der Waals surface area contributed by atoms with Gasteiger partial charge in [-0.1, -0.05) is 0 Å². The van der Waals surface area contributed by atoms with E-state index < -0.39 is 0 Å². The monoisotopic (exact) mass is 441 g/mol. The number of carbonyl (C=O) groups is 2. The van der Waals surface area contributed by atoms with Gasteiger partial charge in [-0.25, -0.2) is 0 Å². The molecule has 0 saturated heterocycles. The van der Waals surface area contributed by atoms with Crippen LogP contribution in [0.4, 0.5) is 5.69 Å². The number of carbonyl (C=O) groups excluding carboxylic acids is 2. The number of benzene rings is 1. The first kappa shape index (κ1) is 20.6. The number of anilines is 1. The minimum atomic E-state index is -0.238. The van der Waals surface area contributed by atoms with E-state index in [1.54, 1.807) is 49.8 Å². The van der Waals surface area contributed by atoms with Crippen molar-refractivity contribution in [2.75, 3.05) is 31.8 Å². The maximum atomic E-state index is 13.4. The molecule has 8 heteroatoms. The Balaban J connectivity index is 1.52. The summed E-state index contributed by atoms with van der Waals surface area (Å²) in [5, 5.41) is 3.76. The molecule has 156 valence electrons. The summed E-state index contributed by atoms with van der Waals surface area (Å²) in [4.78, 5) is 28.6. The van der Waals surface area contributed by atoms with Gasteiger partial charge < -0.3 is 19.5 Å². The van der Waals surface area contributed by atoms with Crippen LogP contribution in [0.1, 0.15) is 20.8 Å². The summed E-state index contributed by atoms with van der Waals surface area (Å²) in [6, 6.07) is 11.0. The predicted molar refractivity (Wildman–Crippen MR) is 122 cm³/mol. The van der Waals surface area contributed by atoms with Crippen molar-refractivity contribution in [1.29, 1.82) is 0 Å². The lowest BCUT2D eigenvalue weighted by Gasteiger charge is -2.19. The van der Waals surface area contributed by atoms with Gasteiger partial charge in [0.05, 0.1) is 19.2 Å². The highest BCUT2D eigenvalue weighted by atomic mass is 32.2. The van der Waals surface area contributed by atoms with Crippen LogP contribution in [-0.4, -0.2) is 47.7 Å². The van der Waals surface area contributed by atoms with Gasteiger partial charge in [-0.3, -0.25) is 9.59 Å². The normalized spacial score (nSPS) is 12.9. The van der Waals surface area contributed by atoms with Crippen LogP contribution in [0.5, 0.6) is 5.75 Å². The molecule has 1 aromatic carbocycles. The average Bonchev–Trinajstić information content (AvgIpc) is 3.41. The summed E-state index contributed by atoms with van der Waals surface area (Å²) in [6.07, 6.45) is 4.79. The molecule has 2 aromatic heterocycles. The van der Waals surface area contributed by atoms with Gasteiger partial charge in [0.15, 0.2) is 0 Å². The van der Waals surface area contributed by atoms with Gasteiger partial charge in [0.25, 0.3) is 5.91 Å². The summed E-state index contributed by atoms with van der Waals surface area (Å²) in [5.74, 6) is 2.31. The Bertz CT molecular complexity index is 1040. The second-order valence-corrected chi connectivity index (χ2v) is 9.20. The molecule has 1 N–H and O–H groups in total. The Morgan fingerprint density at radius 2 is 1.93 bits per heavy atom. The van der Waals surface area contributed by atoms with E-state index in [-0.39, 0.29) is 18.4 Å². The number of fused-ring (bicyclic) bond motifs is 1. The number of methoxy groups -OCH3 is 1. The molecule has 4 rings (SSSR count). The van der Waals surface area contributed by atoms with Crippen molar-refractivity contribution >= 4 is 40.6 Å². The third kappa shape index (κ3) is 4.24. The molecule has 30 heavy (non-hydrogen) atoms. The smallest absolute Gasteiger partial charge is 0.257 e. The first-order valence-electron chi connectivity index (χ1n) is 9.62. The van der Waals surface area contributed by atoms with Gasteiger partial charge in [0.2, 0.25) is 5.91 Å². The molecule has 0 spiro atoms. The van der Waals surface area contributed by atoms with Crippen molar-refractivity contribution in [1.82, 2.24) is 9.47 Å². The van der Waals surface area contributed by atoms with Crippen molar-refractivity contribution in [2.45, 2.75) is 12.2 Å². The summed E-state index contributed by atoms with van der Waals surface area (Å²) in [7, 11) is 3.27. The topological polar surface area (TPSA) is 63.6 Å². The molecule has 0 bridgehead atoms. The van der Waals surface area contributed by atoms with Crippen LogP contribution in [0.25, 0.3) is 5.00 Å². The molecule has 0 atom stereocenters. The minimum Gasteiger partial charge on any atom is -0.497 e. The average molecular weight is 442 g/mol. The van der Waals surface area contributed by atoms with Crippen LogP contribution in [0, 0.1) is 0 Å². The van der Waals surface area contributed by atoms with Crippen molar-refractivity contribution < 1.29 is 14.3 Å². The first-order chi connectivity index (χ1) is 14.6. The van der Waals surface area contributed by atoms with Gasteiger partial charge >= 0.3 is 0 Å². The number of amides is 2. The Hall–Kier alpha value is -2.71. The SMILES string of the molecule is COc1ccc(NC(=O)CN(C)C(=O)c2c(-n3cccc3)sc3c2CCSC3)cc1. The molecule has 2 amide bonds. The van der Waals surface area contributed by atoms with E-state index in [4.69, 9.17) is 4.74 Å². The minimum absolute atomic E-state index is 0.0185. The molecular weight excluding hydrogens is 418 g/mol. The van der Waals surface area contributed by atoms with Gasteiger partial charge in [0.1, 0.15) is 10.8 Å². The number of rotatable bonds is 6. The second kappa shape index (κ2) is 8.97. The van der Waals surface area contributed by atoms with Crippen LogP contribution >= 0.6 is 23.1 Å². The maximum absolute atomic E-state index is 13.4. The van der Waals surface area contributed by atoms with Crippen molar-refractivity contribution in [3.8, 4) is 10.8 Å². The summed E-state index contributed by atoms with van der Waals surface area (Å²) < 4.78 is 7.12. The fraction of sp³-hybridized carbons (Fsp3) is 0.273. The highest BCUT2D eigenvalue weighted by Gasteiger charge is 2.28. The fourth-order valence-electron chi connectivity index (χ4n) is 3.44.